The molecule has 7 heteroatoms. The molecule has 0 fully saturated rings. The number of amides is 1. The zero-order chi connectivity index (χ0) is 21.9. The number of hydrogen-bond donors (Lipinski definition) is 1. The summed E-state index contributed by atoms with van der Waals surface area (Å²) in [6, 6.07) is 13.5. The van der Waals surface area contributed by atoms with Crippen molar-refractivity contribution in [3.05, 3.63) is 53.6 Å². The van der Waals surface area contributed by atoms with Crippen LogP contribution < -0.4 is 19.5 Å². The second kappa shape index (κ2) is 11.7. The highest BCUT2D eigenvalue weighted by atomic mass is 16.5. The van der Waals surface area contributed by atoms with Gasteiger partial charge in [-0.05, 0) is 35.6 Å². The molecule has 2 aromatic carbocycles. The SMILES string of the molecule is COc1cc(CCC(=O)OCC(=O)NC[C@H](C)c2ccccc2)cc(OC)c1OC. The zero-order valence-corrected chi connectivity index (χ0v) is 17.9. The molecule has 1 N–H and O–H groups in total. The Morgan fingerprint density at radius 2 is 1.60 bits per heavy atom. The minimum absolute atomic E-state index is 0.131. The van der Waals surface area contributed by atoms with Gasteiger partial charge in [0.1, 0.15) is 0 Å². The predicted molar refractivity (Wildman–Crippen MR) is 113 cm³/mol. The van der Waals surface area contributed by atoms with E-state index < -0.39 is 5.97 Å². The van der Waals surface area contributed by atoms with E-state index in [9.17, 15) is 9.59 Å². The minimum atomic E-state index is -0.449. The lowest BCUT2D eigenvalue weighted by Crippen LogP contribution is -2.31. The van der Waals surface area contributed by atoms with Crippen LogP contribution in [0.15, 0.2) is 42.5 Å². The van der Waals surface area contributed by atoms with Gasteiger partial charge in [-0.3, -0.25) is 9.59 Å². The number of rotatable bonds is 11. The van der Waals surface area contributed by atoms with Crippen LogP contribution in [-0.4, -0.2) is 46.4 Å². The Bertz CT molecular complexity index is 812. The van der Waals surface area contributed by atoms with Crippen molar-refractivity contribution in [1.29, 1.82) is 0 Å². The van der Waals surface area contributed by atoms with Crippen LogP contribution in [0.25, 0.3) is 0 Å². The number of carbonyl (C=O) groups is 2. The first kappa shape index (κ1) is 23.1. The number of hydrogen-bond acceptors (Lipinski definition) is 6. The molecule has 2 aromatic rings. The molecule has 0 saturated heterocycles. The van der Waals surface area contributed by atoms with Crippen molar-refractivity contribution < 1.29 is 28.5 Å². The first-order valence-electron chi connectivity index (χ1n) is 9.74. The summed E-state index contributed by atoms with van der Waals surface area (Å²) in [5.41, 5.74) is 1.97. The maximum atomic E-state index is 12.0. The van der Waals surface area contributed by atoms with E-state index in [4.69, 9.17) is 18.9 Å². The molecule has 0 saturated carbocycles. The Morgan fingerprint density at radius 1 is 0.967 bits per heavy atom. The molecule has 0 aliphatic rings. The number of aryl methyl sites for hydroxylation is 1. The van der Waals surface area contributed by atoms with E-state index in [1.54, 1.807) is 12.1 Å². The number of benzene rings is 2. The summed E-state index contributed by atoms with van der Waals surface area (Å²) >= 11 is 0. The van der Waals surface area contributed by atoms with Gasteiger partial charge in [-0.1, -0.05) is 37.3 Å². The third-order valence-corrected chi connectivity index (χ3v) is 4.68. The molecule has 1 amide bonds. The Kier molecular flexibility index (Phi) is 9.00. The van der Waals surface area contributed by atoms with E-state index in [-0.39, 0.29) is 24.9 Å². The maximum absolute atomic E-state index is 12.0. The molecule has 2 rings (SSSR count). The van der Waals surface area contributed by atoms with E-state index in [2.05, 4.69) is 5.32 Å². The summed E-state index contributed by atoms with van der Waals surface area (Å²) < 4.78 is 21.0. The van der Waals surface area contributed by atoms with Crippen molar-refractivity contribution in [2.24, 2.45) is 0 Å². The average molecular weight is 415 g/mol. The minimum Gasteiger partial charge on any atom is -0.493 e. The highest BCUT2D eigenvalue weighted by molar-refractivity contribution is 5.80. The van der Waals surface area contributed by atoms with Crippen LogP contribution in [0.5, 0.6) is 17.2 Å². The van der Waals surface area contributed by atoms with Gasteiger partial charge in [0.2, 0.25) is 5.75 Å². The monoisotopic (exact) mass is 415 g/mol. The quantitative estimate of drug-likeness (QED) is 0.568. The Morgan fingerprint density at radius 3 is 2.17 bits per heavy atom. The smallest absolute Gasteiger partial charge is 0.306 e. The molecule has 0 aromatic heterocycles. The van der Waals surface area contributed by atoms with Crippen molar-refractivity contribution >= 4 is 11.9 Å². The van der Waals surface area contributed by atoms with Crippen LogP contribution in [-0.2, 0) is 20.7 Å². The van der Waals surface area contributed by atoms with E-state index in [1.165, 1.54) is 21.3 Å². The van der Waals surface area contributed by atoms with E-state index >= 15 is 0 Å². The first-order valence-corrected chi connectivity index (χ1v) is 9.74. The molecule has 0 heterocycles. The topological polar surface area (TPSA) is 83.1 Å². The molecule has 0 aliphatic heterocycles. The molecule has 0 aliphatic carbocycles. The highest BCUT2D eigenvalue weighted by Crippen LogP contribution is 2.38. The Labute approximate surface area is 177 Å². The number of esters is 1. The lowest BCUT2D eigenvalue weighted by atomic mass is 10.0. The number of nitrogens with one attached hydrogen (secondary N) is 1. The number of ether oxygens (including phenoxy) is 4. The van der Waals surface area contributed by atoms with Crippen LogP contribution >= 0.6 is 0 Å². The standard InChI is InChI=1S/C23H29NO6/c1-16(18-8-6-5-7-9-18)14-24-21(25)15-30-22(26)11-10-17-12-19(27-2)23(29-4)20(13-17)28-3/h5-9,12-13,16H,10-11,14-15H2,1-4H3,(H,24,25)/t16-/m0/s1. The summed E-state index contributed by atoms with van der Waals surface area (Å²) in [5.74, 6) is 0.937. The third-order valence-electron chi connectivity index (χ3n) is 4.68. The fourth-order valence-electron chi connectivity index (χ4n) is 2.96. The second-order valence-corrected chi connectivity index (χ2v) is 6.81. The average Bonchev–Trinajstić information content (AvgIpc) is 2.79. The molecule has 7 nitrogen and oxygen atoms in total. The largest absolute Gasteiger partial charge is 0.493 e. The zero-order valence-electron chi connectivity index (χ0n) is 17.9. The Hall–Kier alpha value is -3.22. The maximum Gasteiger partial charge on any atom is 0.306 e. The van der Waals surface area contributed by atoms with Crippen LogP contribution in [0.1, 0.15) is 30.4 Å². The highest BCUT2D eigenvalue weighted by Gasteiger charge is 2.15. The summed E-state index contributed by atoms with van der Waals surface area (Å²) in [7, 11) is 4.60. The van der Waals surface area contributed by atoms with Gasteiger partial charge >= 0.3 is 5.97 Å². The van der Waals surface area contributed by atoms with E-state index in [0.29, 0.717) is 30.2 Å². The summed E-state index contributed by atoms with van der Waals surface area (Å²) in [5, 5.41) is 2.79. The van der Waals surface area contributed by atoms with Gasteiger partial charge in [-0.2, -0.15) is 0 Å². The molecule has 30 heavy (non-hydrogen) atoms. The predicted octanol–water partition coefficient (Wildman–Crippen LogP) is 3.11. The third kappa shape index (κ3) is 6.69. The Balaban J connectivity index is 1.77. The summed E-state index contributed by atoms with van der Waals surface area (Å²) in [4.78, 5) is 24.0. The molecule has 1 atom stereocenters. The van der Waals surface area contributed by atoms with Crippen LogP contribution in [0, 0.1) is 0 Å². The number of methoxy groups -OCH3 is 3. The van der Waals surface area contributed by atoms with Gasteiger partial charge in [0, 0.05) is 13.0 Å². The van der Waals surface area contributed by atoms with Gasteiger partial charge in [-0.15, -0.1) is 0 Å². The molecule has 0 unspecified atom stereocenters. The summed E-state index contributed by atoms with van der Waals surface area (Å²) in [6.45, 7) is 2.21. The van der Waals surface area contributed by atoms with Crippen molar-refractivity contribution in [3.8, 4) is 17.2 Å². The lowest BCUT2D eigenvalue weighted by Gasteiger charge is -2.14. The van der Waals surface area contributed by atoms with Gasteiger partial charge < -0.3 is 24.3 Å². The summed E-state index contributed by atoms with van der Waals surface area (Å²) in [6.07, 6.45) is 0.550. The van der Waals surface area contributed by atoms with Gasteiger partial charge in [0.25, 0.3) is 5.91 Å². The molecule has 0 bridgehead atoms. The van der Waals surface area contributed by atoms with Gasteiger partial charge in [0.15, 0.2) is 18.1 Å². The molecular weight excluding hydrogens is 386 g/mol. The molecule has 0 radical (unpaired) electrons. The van der Waals surface area contributed by atoms with E-state index in [0.717, 1.165) is 11.1 Å². The number of carbonyl (C=O) groups excluding carboxylic acids is 2. The normalized spacial score (nSPS) is 11.3. The van der Waals surface area contributed by atoms with E-state index in [1.807, 2.05) is 37.3 Å². The van der Waals surface area contributed by atoms with Crippen molar-refractivity contribution in [1.82, 2.24) is 5.32 Å². The van der Waals surface area contributed by atoms with Gasteiger partial charge in [-0.25, -0.2) is 0 Å². The van der Waals surface area contributed by atoms with Crippen LogP contribution in [0.4, 0.5) is 0 Å². The van der Waals surface area contributed by atoms with Crippen molar-refractivity contribution in [3.63, 3.8) is 0 Å². The fraction of sp³-hybridized carbons (Fsp3) is 0.391. The van der Waals surface area contributed by atoms with Crippen LogP contribution in [0.3, 0.4) is 0 Å². The lowest BCUT2D eigenvalue weighted by molar-refractivity contribution is -0.148. The van der Waals surface area contributed by atoms with Crippen LogP contribution in [0.2, 0.25) is 0 Å². The fourth-order valence-corrected chi connectivity index (χ4v) is 2.96. The second-order valence-electron chi connectivity index (χ2n) is 6.81. The van der Waals surface area contributed by atoms with Crippen molar-refractivity contribution in [2.45, 2.75) is 25.7 Å². The van der Waals surface area contributed by atoms with Gasteiger partial charge in [0.05, 0.1) is 21.3 Å². The first-order chi connectivity index (χ1) is 14.5. The molecular formula is C23H29NO6. The van der Waals surface area contributed by atoms with Crippen molar-refractivity contribution in [2.75, 3.05) is 34.5 Å². The molecule has 0 spiro atoms. The molecule has 162 valence electrons.